The van der Waals surface area contributed by atoms with Crippen LogP contribution in [0.15, 0.2) is 0 Å². The van der Waals surface area contributed by atoms with Gasteiger partial charge in [0.05, 0.1) is 6.54 Å². The third kappa shape index (κ3) is 4.30. The topological polar surface area (TPSA) is 41.1 Å². The van der Waals surface area contributed by atoms with Gasteiger partial charge in [-0.2, -0.15) is 0 Å². The Labute approximate surface area is 105 Å². The van der Waals surface area contributed by atoms with Gasteiger partial charge in [0.2, 0.25) is 5.91 Å². The van der Waals surface area contributed by atoms with E-state index in [0.29, 0.717) is 12.6 Å². The number of nitrogens with one attached hydrogen (secondary N) is 2. The maximum atomic E-state index is 11.6. The van der Waals surface area contributed by atoms with Crippen LogP contribution < -0.4 is 10.6 Å². The molecule has 17 heavy (non-hydrogen) atoms. The predicted octanol–water partition coefficient (Wildman–Crippen LogP) is 2.07. The van der Waals surface area contributed by atoms with Crippen molar-refractivity contribution in [2.24, 2.45) is 11.8 Å². The second-order valence-corrected chi connectivity index (χ2v) is 5.69. The molecule has 0 saturated heterocycles. The van der Waals surface area contributed by atoms with Crippen molar-refractivity contribution >= 4 is 5.91 Å². The quantitative estimate of drug-likeness (QED) is 0.744. The molecule has 0 bridgehead atoms. The fourth-order valence-corrected chi connectivity index (χ4v) is 2.83. The van der Waals surface area contributed by atoms with E-state index in [1.165, 1.54) is 44.9 Å². The normalized spacial score (nSPS) is 29.0. The summed E-state index contributed by atoms with van der Waals surface area (Å²) >= 11 is 0. The minimum absolute atomic E-state index is 0.178. The van der Waals surface area contributed by atoms with Crippen molar-refractivity contribution in [3.8, 4) is 0 Å². The average Bonchev–Trinajstić information content (AvgIpc) is 3.18. The van der Waals surface area contributed by atoms with Gasteiger partial charge >= 0.3 is 0 Å². The van der Waals surface area contributed by atoms with Crippen LogP contribution >= 0.6 is 0 Å². The van der Waals surface area contributed by atoms with Gasteiger partial charge in [-0.1, -0.05) is 26.2 Å². The Kier molecular flexibility index (Phi) is 4.84. The average molecular weight is 238 g/mol. The van der Waals surface area contributed by atoms with Gasteiger partial charge in [0.1, 0.15) is 0 Å². The van der Waals surface area contributed by atoms with Crippen molar-refractivity contribution in [2.75, 3.05) is 13.1 Å². The molecule has 2 saturated carbocycles. The van der Waals surface area contributed by atoms with Crippen LogP contribution in [0.2, 0.25) is 0 Å². The SMILES string of the molecule is CCC1CCCCC1NCC(=O)NCC1CC1. The summed E-state index contributed by atoms with van der Waals surface area (Å²) in [7, 11) is 0. The highest BCUT2D eigenvalue weighted by Gasteiger charge is 2.24. The number of hydrogen-bond donors (Lipinski definition) is 2. The lowest BCUT2D eigenvalue weighted by atomic mass is 9.83. The van der Waals surface area contributed by atoms with Crippen LogP contribution in [0.25, 0.3) is 0 Å². The summed E-state index contributed by atoms with van der Waals surface area (Å²) in [6.45, 7) is 3.66. The molecule has 2 N–H and O–H groups in total. The molecule has 3 heteroatoms. The van der Waals surface area contributed by atoms with Crippen molar-refractivity contribution in [1.82, 2.24) is 10.6 Å². The fourth-order valence-electron chi connectivity index (χ4n) is 2.83. The van der Waals surface area contributed by atoms with E-state index >= 15 is 0 Å². The molecule has 2 aliphatic rings. The van der Waals surface area contributed by atoms with Gasteiger partial charge in [-0.05, 0) is 37.5 Å². The first-order valence-corrected chi connectivity index (χ1v) is 7.29. The number of carbonyl (C=O) groups excluding carboxylic acids is 1. The van der Waals surface area contributed by atoms with E-state index in [1.54, 1.807) is 0 Å². The number of rotatable bonds is 6. The molecule has 0 heterocycles. The van der Waals surface area contributed by atoms with Gasteiger partial charge in [-0.3, -0.25) is 4.79 Å². The van der Waals surface area contributed by atoms with Crippen LogP contribution in [0, 0.1) is 11.8 Å². The molecular weight excluding hydrogens is 212 g/mol. The summed E-state index contributed by atoms with van der Waals surface area (Å²) in [6, 6.07) is 0.570. The van der Waals surface area contributed by atoms with Crippen LogP contribution in [0.4, 0.5) is 0 Å². The molecule has 3 nitrogen and oxygen atoms in total. The van der Waals surface area contributed by atoms with Crippen LogP contribution in [-0.4, -0.2) is 25.0 Å². The summed E-state index contributed by atoms with van der Waals surface area (Å²) in [5.41, 5.74) is 0. The Morgan fingerprint density at radius 2 is 1.94 bits per heavy atom. The molecule has 0 aromatic rings. The number of hydrogen-bond acceptors (Lipinski definition) is 2. The molecule has 2 unspecified atom stereocenters. The summed E-state index contributed by atoms with van der Waals surface area (Å²) < 4.78 is 0. The second-order valence-electron chi connectivity index (χ2n) is 5.69. The number of amides is 1. The highest BCUT2D eigenvalue weighted by molar-refractivity contribution is 5.78. The van der Waals surface area contributed by atoms with Gasteiger partial charge in [0.15, 0.2) is 0 Å². The molecule has 0 aromatic carbocycles. The highest BCUT2D eigenvalue weighted by atomic mass is 16.1. The number of carbonyl (C=O) groups is 1. The van der Waals surface area contributed by atoms with Crippen LogP contribution in [0.5, 0.6) is 0 Å². The molecule has 1 amide bonds. The Morgan fingerprint density at radius 3 is 2.65 bits per heavy atom. The summed E-state index contributed by atoms with van der Waals surface area (Å²) in [5.74, 6) is 1.73. The summed E-state index contributed by atoms with van der Waals surface area (Å²) in [4.78, 5) is 11.6. The van der Waals surface area contributed by atoms with E-state index in [-0.39, 0.29) is 5.91 Å². The first kappa shape index (κ1) is 12.9. The molecular formula is C14H26N2O. The van der Waals surface area contributed by atoms with Crippen molar-refractivity contribution in [2.45, 2.75) is 57.9 Å². The van der Waals surface area contributed by atoms with Crippen LogP contribution in [-0.2, 0) is 4.79 Å². The molecule has 0 aromatic heterocycles. The Bertz CT molecular complexity index is 251. The lowest BCUT2D eigenvalue weighted by Gasteiger charge is -2.31. The highest BCUT2D eigenvalue weighted by Crippen LogP contribution is 2.28. The summed E-state index contributed by atoms with van der Waals surface area (Å²) in [5, 5.41) is 6.47. The maximum absolute atomic E-state index is 11.6. The summed E-state index contributed by atoms with van der Waals surface area (Å²) in [6.07, 6.45) is 9.10. The molecule has 2 rings (SSSR count). The lowest BCUT2D eigenvalue weighted by Crippen LogP contribution is -2.44. The smallest absolute Gasteiger partial charge is 0.233 e. The van der Waals surface area contributed by atoms with Crippen LogP contribution in [0.1, 0.15) is 51.9 Å². The molecule has 0 spiro atoms. The Morgan fingerprint density at radius 1 is 1.18 bits per heavy atom. The zero-order valence-corrected chi connectivity index (χ0v) is 11.0. The maximum Gasteiger partial charge on any atom is 0.233 e. The Balaban J connectivity index is 1.62. The Hall–Kier alpha value is -0.570. The molecule has 2 aliphatic carbocycles. The van der Waals surface area contributed by atoms with E-state index in [4.69, 9.17) is 0 Å². The van der Waals surface area contributed by atoms with Gasteiger partial charge in [0.25, 0.3) is 0 Å². The van der Waals surface area contributed by atoms with Gasteiger partial charge in [0, 0.05) is 12.6 Å². The first-order valence-electron chi connectivity index (χ1n) is 7.29. The molecule has 0 radical (unpaired) electrons. The van der Waals surface area contributed by atoms with E-state index in [2.05, 4.69) is 17.6 Å². The van der Waals surface area contributed by atoms with Crippen molar-refractivity contribution < 1.29 is 4.79 Å². The minimum atomic E-state index is 0.178. The van der Waals surface area contributed by atoms with Crippen LogP contribution in [0.3, 0.4) is 0 Å². The van der Waals surface area contributed by atoms with E-state index in [0.717, 1.165) is 18.4 Å². The second kappa shape index (κ2) is 6.39. The van der Waals surface area contributed by atoms with E-state index in [9.17, 15) is 4.79 Å². The van der Waals surface area contributed by atoms with E-state index < -0.39 is 0 Å². The monoisotopic (exact) mass is 238 g/mol. The van der Waals surface area contributed by atoms with Crippen molar-refractivity contribution in [3.63, 3.8) is 0 Å². The fraction of sp³-hybridized carbons (Fsp3) is 0.929. The van der Waals surface area contributed by atoms with Gasteiger partial charge in [-0.15, -0.1) is 0 Å². The lowest BCUT2D eigenvalue weighted by molar-refractivity contribution is -0.120. The third-order valence-electron chi connectivity index (χ3n) is 4.24. The van der Waals surface area contributed by atoms with Gasteiger partial charge < -0.3 is 10.6 Å². The third-order valence-corrected chi connectivity index (χ3v) is 4.24. The molecule has 0 aliphatic heterocycles. The van der Waals surface area contributed by atoms with Crippen molar-refractivity contribution in [3.05, 3.63) is 0 Å². The molecule has 2 atom stereocenters. The predicted molar refractivity (Wildman–Crippen MR) is 69.8 cm³/mol. The molecule has 2 fully saturated rings. The molecule has 98 valence electrons. The van der Waals surface area contributed by atoms with Crippen molar-refractivity contribution in [1.29, 1.82) is 0 Å². The minimum Gasteiger partial charge on any atom is -0.355 e. The zero-order valence-electron chi connectivity index (χ0n) is 11.0. The van der Waals surface area contributed by atoms with E-state index in [1.807, 2.05) is 0 Å². The van der Waals surface area contributed by atoms with Gasteiger partial charge in [-0.25, -0.2) is 0 Å². The standard InChI is InChI=1S/C14H26N2O/c1-2-12-5-3-4-6-13(12)15-10-14(17)16-9-11-7-8-11/h11-13,15H,2-10H2,1H3,(H,16,17). The largest absolute Gasteiger partial charge is 0.355 e. The first-order chi connectivity index (χ1) is 8.29. The zero-order chi connectivity index (χ0) is 12.1.